The molecule has 0 spiro atoms. The van der Waals surface area contributed by atoms with Crippen LogP contribution in [0, 0.1) is 0 Å². The molecule has 0 bridgehead atoms. The van der Waals surface area contributed by atoms with E-state index in [1.54, 1.807) is 6.07 Å². The number of amides is 1. The summed E-state index contributed by atoms with van der Waals surface area (Å²) in [5.41, 5.74) is 2.17. The first-order valence-corrected chi connectivity index (χ1v) is 10.5. The third-order valence-electron chi connectivity index (χ3n) is 4.38. The first-order valence-electron chi connectivity index (χ1n) is 9.03. The van der Waals surface area contributed by atoms with Crippen LogP contribution in [0.3, 0.4) is 0 Å². The molecule has 3 aromatic rings. The summed E-state index contributed by atoms with van der Waals surface area (Å²) in [5, 5.41) is 2.02. The van der Waals surface area contributed by atoms with Gasteiger partial charge in [-0.1, -0.05) is 30.3 Å². The van der Waals surface area contributed by atoms with Crippen LogP contribution in [0.15, 0.2) is 65.6 Å². The highest BCUT2D eigenvalue weighted by atomic mass is 32.2. The summed E-state index contributed by atoms with van der Waals surface area (Å²) < 4.78 is 40.8. The Kier molecular flexibility index (Phi) is 6.43. The van der Waals surface area contributed by atoms with E-state index in [4.69, 9.17) is 14.2 Å². The molecule has 9 heteroatoms. The maximum absolute atomic E-state index is 12.5. The lowest BCUT2D eigenvalue weighted by atomic mass is 10.1. The van der Waals surface area contributed by atoms with Crippen molar-refractivity contribution in [3.05, 3.63) is 60.7 Å². The Morgan fingerprint density at radius 3 is 2.30 bits per heavy atom. The van der Waals surface area contributed by atoms with Gasteiger partial charge in [0.25, 0.3) is 15.9 Å². The summed E-state index contributed by atoms with van der Waals surface area (Å²) in [6.07, 6.45) is -0.931. The van der Waals surface area contributed by atoms with Crippen molar-refractivity contribution in [2.75, 3.05) is 14.2 Å². The molecule has 0 unspecified atom stereocenters. The van der Waals surface area contributed by atoms with E-state index >= 15 is 0 Å². The minimum atomic E-state index is -4.02. The Balaban J connectivity index is 1.64. The van der Waals surface area contributed by atoms with Crippen LogP contribution in [-0.4, -0.2) is 34.6 Å². The Labute approximate surface area is 174 Å². The molecule has 0 fully saturated rings. The summed E-state index contributed by atoms with van der Waals surface area (Å²) in [6, 6.07) is 17.3. The van der Waals surface area contributed by atoms with Crippen molar-refractivity contribution in [1.29, 1.82) is 0 Å². The van der Waals surface area contributed by atoms with Gasteiger partial charge < -0.3 is 14.2 Å². The normalized spacial score (nSPS) is 12.2. The first kappa shape index (κ1) is 21.4. The van der Waals surface area contributed by atoms with Gasteiger partial charge in [0.2, 0.25) is 0 Å². The summed E-state index contributed by atoms with van der Waals surface area (Å²) in [5.74, 6) is 0.490. The molecule has 1 amide bonds. The van der Waals surface area contributed by atoms with Gasteiger partial charge in [-0.25, -0.2) is 8.42 Å². The summed E-state index contributed by atoms with van der Waals surface area (Å²) in [4.78, 5) is 14.3. The second-order valence-corrected chi connectivity index (χ2v) is 8.06. The number of hydrogen-bond acceptors (Lipinski definition) is 6. The maximum atomic E-state index is 12.5. The van der Waals surface area contributed by atoms with Crippen LogP contribution in [-0.2, 0) is 14.8 Å². The maximum Gasteiger partial charge on any atom is 0.275 e. The number of hydrogen-bond donors (Lipinski definition) is 2. The fraction of sp³-hybridized carbons (Fsp3) is 0.190. The quantitative estimate of drug-likeness (QED) is 0.533. The van der Waals surface area contributed by atoms with Gasteiger partial charge in [-0.3, -0.25) is 10.2 Å². The minimum Gasteiger partial charge on any atom is -0.493 e. The molecule has 0 aliphatic carbocycles. The van der Waals surface area contributed by atoms with Crippen molar-refractivity contribution in [1.82, 2.24) is 10.3 Å². The highest BCUT2D eigenvalue weighted by Crippen LogP contribution is 2.29. The van der Waals surface area contributed by atoms with E-state index in [0.717, 1.165) is 10.8 Å². The Bertz CT molecular complexity index is 1160. The molecule has 0 aromatic heterocycles. The SMILES string of the molecule is COc1ccc(S(=O)(=O)NNC(=O)[C@H](C)Oc2ccc3ccccc3c2)cc1OC. The standard InChI is InChI=1S/C21H22N2O6S/c1-14(29-17-9-8-15-6-4-5-7-16(15)12-17)21(24)22-23-30(25,26)18-10-11-19(27-2)20(13-18)28-3/h4-14,23H,1-3H3,(H,22,24)/t14-/m0/s1. The number of carbonyl (C=O) groups is 1. The van der Waals surface area contributed by atoms with Crippen LogP contribution in [0.2, 0.25) is 0 Å². The molecule has 2 N–H and O–H groups in total. The zero-order valence-corrected chi connectivity index (χ0v) is 17.5. The number of sulfonamides is 1. The molecule has 0 radical (unpaired) electrons. The van der Waals surface area contributed by atoms with Crippen LogP contribution in [0.25, 0.3) is 10.8 Å². The van der Waals surface area contributed by atoms with Crippen molar-refractivity contribution < 1.29 is 27.4 Å². The number of carbonyl (C=O) groups excluding carboxylic acids is 1. The number of rotatable bonds is 8. The molecule has 8 nitrogen and oxygen atoms in total. The Morgan fingerprint density at radius 1 is 0.900 bits per heavy atom. The monoisotopic (exact) mass is 430 g/mol. The smallest absolute Gasteiger partial charge is 0.275 e. The zero-order chi connectivity index (χ0) is 21.7. The molecule has 158 valence electrons. The number of hydrazine groups is 1. The Hall–Kier alpha value is -3.30. The van der Waals surface area contributed by atoms with Gasteiger partial charge in [0, 0.05) is 6.07 Å². The summed E-state index contributed by atoms with van der Waals surface area (Å²) in [6.45, 7) is 1.52. The third kappa shape index (κ3) is 4.81. The molecule has 0 aliphatic heterocycles. The first-order chi connectivity index (χ1) is 14.3. The molecule has 3 rings (SSSR count). The van der Waals surface area contributed by atoms with Crippen LogP contribution in [0.4, 0.5) is 0 Å². The van der Waals surface area contributed by atoms with E-state index in [1.165, 1.54) is 39.3 Å². The topological polar surface area (TPSA) is 103 Å². The van der Waals surface area contributed by atoms with Gasteiger partial charge in [-0.05, 0) is 42.0 Å². The van der Waals surface area contributed by atoms with Gasteiger partial charge in [0.05, 0.1) is 19.1 Å². The highest BCUT2D eigenvalue weighted by molar-refractivity contribution is 7.89. The van der Waals surface area contributed by atoms with E-state index in [-0.39, 0.29) is 10.6 Å². The molecule has 0 heterocycles. The molecular formula is C21H22N2O6S. The lowest BCUT2D eigenvalue weighted by Gasteiger charge is -2.16. The van der Waals surface area contributed by atoms with E-state index < -0.39 is 22.0 Å². The van der Waals surface area contributed by atoms with Crippen LogP contribution in [0.1, 0.15) is 6.92 Å². The van der Waals surface area contributed by atoms with E-state index in [9.17, 15) is 13.2 Å². The highest BCUT2D eigenvalue weighted by Gasteiger charge is 2.21. The predicted octanol–water partition coefficient (Wildman–Crippen LogP) is 2.63. The number of methoxy groups -OCH3 is 2. The van der Waals surface area contributed by atoms with Crippen LogP contribution in [0.5, 0.6) is 17.2 Å². The number of ether oxygens (including phenoxy) is 3. The lowest BCUT2D eigenvalue weighted by molar-refractivity contribution is -0.127. The summed E-state index contributed by atoms with van der Waals surface area (Å²) >= 11 is 0. The predicted molar refractivity (Wildman–Crippen MR) is 112 cm³/mol. The molecule has 30 heavy (non-hydrogen) atoms. The average molecular weight is 430 g/mol. The fourth-order valence-electron chi connectivity index (χ4n) is 2.76. The fourth-order valence-corrected chi connectivity index (χ4v) is 3.62. The molecule has 3 aromatic carbocycles. The minimum absolute atomic E-state index is 0.0939. The number of fused-ring (bicyclic) bond motifs is 1. The van der Waals surface area contributed by atoms with Crippen molar-refractivity contribution in [2.24, 2.45) is 0 Å². The Morgan fingerprint density at radius 2 is 1.60 bits per heavy atom. The van der Waals surface area contributed by atoms with Crippen molar-refractivity contribution in [2.45, 2.75) is 17.9 Å². The second-order valence-electron chi connectivity index (χ2n) is 6.38. The van der Waals surface area contributed by atoms with E-state index in [0.29, 0.717) is 11.5 Å². The molecule has 0 saturated carbocycles. The third-order valence-corrected chi connectivity index (χ3v) is 5.62. The largest absolute Gasteiger partial charge is 0.493 e. The molecular weight excluding hydrogens is 408 g/mol. The van der Waals surface area contributed by atoms with Gasteiger partial charge in [-0.15, -0.1) is 4.83 Å². The zero-order valence-electron chi connectivity index (χ0n) is 16.7. The van der Waals surface area contributed by atoms with Crippen LogP contribution >= 0.6 is 0 Å². The molecule has 1 atom stereocenters. The molecule has 0 aliphatic rings. The van der Waals surface area contributed by atoms with Gasteiger partial charge in [0.15, 0.2) is 17.6 Å². The average Bonchev–Trinajstić information content (AvgIpc) is 2.76. The van der Waals surface area contributed by atoms with Crippen molar-refractivity contribution in [3.63, 3.8) is 0 Å². The van der Waals surface area contributed by atoms with E-state index in [1.807, 2.05) is 36.4 Å². The van der Waals surface area contributed by atoms with Gasteiger partial charge in [-0.2, -0.15) is 0 Å². The second kappa shape index (κ2) is 9.02. The number of benzene rings is 3. The number of nitrogens with one attached hydrogen (secondary N) is 2. The van der Waals surface area contributed by atoms with E-state index in [2.05, 4.69) is 10.3 Å². The lowest BCUT2D eigenvalue weighted by Crippen LogP contribution is -2.47. The summed E-state index contributed by atoms with van der Waals surface area (Å²) in [7, 11) is -1.18. The van der Waals surface area contributed by atoms with Gasteiger partial charge in [0.1, 0.15) is 5.75 Å². The van der Waals surface area contributed by atoms with Crippen molar-refractivity contribution >= 4 is 26.7 Å². The van der Waals surface area contributed by atoms with Crippen molar-refractivity contribution in [3.8, 4) is 17.2 Å². The van der Waals surface area contributed by atoms with Gasteiger partial charge >= 0.3 is 0 Å². The van der Waals surface area contributed by atoms with Crippen LogP contribution < -0.4 is 24.5 Å². The molecule has 0 saturated heterocycles.